The fourth-order valence-corrected chi connectivity index (χ4v) is 5.42. The Morgan fingerprint density at radius 3 is 2.61 bits per heavy atom. The van der Waals surface area contributed by atoms with E-state index in [0.29, 0.717) is 60.8 Å². The molecule has 1 N–H and O–H groups in total. The normalized spacial score (nSPS) is 15.5. The van der Waals surface area contributed by atoms with Gasteiger partial charge in [-0.3, -0.25) is 10.1 Å². The Hall–Kier alpha value is -4.26. The molecule has 0 atom stereocenters. The number of nitrogens with one attached hydrogen (secondary N) is 1. The zero-order chi connectivity index (χ0) is 28.7. The summed E-state index contributed by atoms with van der Waals surface area (Å²) in [5, 5.41) is 20.2. The lowest BCUT2D eigenvalue weighted by Gasteiger charge is -2.55. The third kappa shape index (κ3) is 5.17. The van der Waals surface area contributed by atoms with Crippen LogP contribution in [-0.2, 0) is 11.3 Å². The van der Waals surface area contributed by atoms with Crippen LogP contribution in [0.2, 0.25) is 5.02 Å². The van der Waals surface area contributed by atoms with E-state index in [4.69, 9.17) is 26.2 Å². The highest BCUT2D eigenvalue weighted by molar-refractivity contribution is 6.32. The first-order chi connectivity index (χ1) is 19.7. The van der Waals surface area contributed by atoms with Crippen LogP contribution in [0.5, 0.6) is 5.75 Å². The number of hydrogen-bond acceptors (Lipinski definition) is 10. The molecule has 2 aromatic carbocycles. The molecule has 0 unspecified atom stereocenters. The monoisotopic (exact) mass is 576 g/mol. The third-order valence-corrected chi connectivity index (χ3v) is 7.48. The number of halogens is 1. The Balaban J connectivity index is 1.33. The van der Waals surface area contributed by atoms with Crippen LogP contribution in [0, 0.1) is 15.5 Å². The lowest BCUT2D eigenvalue weighted by molar-refractivity contribution is -0.384. The summed E-state index contributed by atoms with van der Waals surface area (Å²) < 4.78 is 12.6. The molecule has 4 heterocycles. The fraction of sp³-hybridized carbons (Fsp3) is 0.321. The molecule has 2 saturated heterocycles. The maximum Gasteiger partial charge on any atom is 0.294 e. The van der Waals surface area contributed by atoms with Crippen molar-refractivity contribution in [2.45, 2.75) is 6.54 Å². The van der Waals surface area contributed by atoms with Crippen molar-refractivity contribution in [3.8, 4) is 22.8 Å². The molecule has 1 spiro atoms. The minimum absolute atomic E-state index is 0.0366. The maximum atomic E-state index is 12.0. The minimum atomic E-state index is -0.391. The van der Waals surface area contributed by atoms with Gasteiger partial charge in [-0.05, 0) is 14.1 Å². The Kier molecular flexibility index (Phi) is 6.98. The molecule has 2 fully saturated rings. The van der Waals surface area contributed by atoms with Gasteiger partial charge in [-0.25, -0.2) is 9.67 Å². The molecule has 2 aliphatic rings. The van der Waals surface area contributed by atoms with Crippen molar-refractivity contribution in [2.75, 3.05) is 57.7 Å². The number of nitro groups is 1. The van der Waals surface area contributed by atoms with E-state index >= 15 is 0 Å². The number of nitrogens with zero attached hydrogens (tertiary/aromatic N) is 7. The summed E-state index contributed by atoms with van der Waals surface area (Å²) in [6.45, 7) is 3.45. The van der Waals surface area contributed by atoms with E-state index in [1.54, 1.807) is 10.7 Å². The van der Waals surface area contributed by atoms with Crippen LogP contribution < -0.4 is 15.0 Å². The second kappa shape index (κ2) is 10.6. The molecular weight excluding hydrogens is 548 g/mol. The highest BCUT2D eigenvalue weighted by Gasteiger charge is 2.50. The van der Waals surface area contributed by atoms with Crippen LogP contribution in [0.3, 0.4) is 0 Å². The number of ether oxygens (including phenoxy) is 2. The number of rotatable bonds is 9. The number of methoxy groups -OCH3 is 1. The van der Waals surface area contributed by atoms with Crippen molar-refractivity contribution in [3.05, 3.63) is 75.6 Å². The van der Waals surface area contributed by atoms with Crippen molar-refractivity contribution in [3.63, 3.8) is 0 Å². The summed E-state index contributed by atoms with van der Waals surface area (Å²) in [5.74, 6) is 0.977. The van der Waals surface area contributed by atoms with Crippen LogP contribution >= 0.6 is 11.6 Å². The summed E-state index contributed by atoms with van der Waals surface area (Å²) in [7, 11) is 5.50. The van der Waals surface area contributed by atoms with Crippen molar-refractivity contribution >= 4 is 34.6 Å². The van der Waals surface area contributed by atoms with E-state index in [0.717, 1.165) is 16.8 Å². The van der Waals surface area contributed by atoms with Gasteiger partial charge in [0.2, 0.25) is 5.95 Å². The van der Waals surface area contributed by atoms with Gasteiger partial charge >= 0.3 is 0 Å². The molecule has 0 saturated carbocycles. The Morgan fingerprint density at radius 1 is 1.22 bits per heavy atom. The van der Waals surface area contributed by atoms with E-state index in [1.165, 1.54) is 19.4 Å². The summed E-state index contributed by atoms with van der Waals surface area (Å²) >= 11 is 6.54. The fourth-order valence-electron chi connectivity index (χ4n) is 5.24. The Morgan fingerprint density at radius 2 is 1.98 bits per heavy atom. The first kappa shape index (κ1) is 26.9. The zero-order valence-electron chi connectivity index (χ0n) is 22.9. The number of benzene rings is 2. The number of hydrogen-bond donors (Lipinski definition) is 1. The highest BCUT2D eigenvalue weighted by atomic mass is 35.5. The number of aromatic nitrogens is 4. The van der Waals surface area contributed by atoms with Crippen LogP contribution in [-0.4, -0.2) is 77.1 Å². The van der Waals surface area contributed by atoms with Gasteiger partial charge in [0.15, 0.2) is 5.82 Å². The SMILES string of the molecule is COc1cc(N2CC3(COC3)C2)c([N+](=O)[O-])cc1Nc1ncc(Cl)c(-n2cc(CN(C)C)c(-c3ccccc3)n2)n1. The van der Waals surface area contributed by atoms with E-state index in [-0.39, 0.29) is 17.1 Å². The maximum absolute atomic E-state index is 12.0. The van der Waals surface area contributed by atoms with Gasteiger partial charge < -0.3 is 24.6 Å². The number of anilines is 3. The zero-order valence-corrected chi connectivity index (χ0v) is 23.6. The van der Waals surface area contributed by atoms with Crippen LogP contribution in [0.1, 0.15) is 5.56 Å². The molecule has 12 nitrogen and oxygen atoms in total. The lowest BCUT2D eigenvalue weighted by atomic mass is 9.77. The predicted molar refractivity (Wildman–Crippen MR) is 155 cm³/mol. The molecule has 6 rings (SSSR count). The lowest BCUT2D eigenvalue weighted by Crippen LogP contribution is -2.66. The topological polar surface area (TPSA) is 124 Å². The third-order valence-electron chi connectivity index (χ3n) is 7.22. The summed E-state index contributed by atoms with van der Waals surface area (Å²) in [4.78, 5) is 24.6. The first-order valence-electron chi connectivity index (χ1n) is 13.0. The molecule has 41 heavy (non-hydrogen) atoms. The molecule has 0 amide bonds. The molecular formula is C28H29ClN8O4. The Bertz CT molecular complexity index is 1600. The van der Waals surface area contributed by atoms with Crippen molar-refractivity contribution in [1.29, 1.82) is 0 Å². The smallest absolute Gasteiger partial charge is 0.294 e. The van der Waals surface area contributed by atoms with Crippen molar-refractivity contribution in [1.82, 2.24) is 24.6 Å². The van der Waals surface area contributed by atoms with Gasteiger partial charge in [0.25, 0.3) is 5.69 Å². The van der Waals surface area contributed by atoms with Gasteiger partial charge in [-0.1, -0.05) is 41.9 Å². The van der Waals surface area contributed by atoms with E-state index < -0.39 is 4.92 Å². The molecule has 13 heteroatoms. The first-order valence-corrected chi connectivity index (χ1v) is 13.4. The molecule has 0 bridgehead atoms. The quantitative estimate of drug-likeness (QED) is 0.224. The summed E-state index contributed by atoms with van der Waals surface area (Å²) in [5.41, 5.74) is 3.72. The molecule has 212 valence electrons. The predicted octanol–water partition coefficient (Wildman–Crippen LogP) is 4.54. The van der Waals surface area contributed by atoms with Gasteiger partial charge in [0.1, 0.15) is 16.5 Å². The summed E-state index contributed by atoms with van der Waals surface area (Å²) in [6, 6.07) is 13.0. The largest absolute Gasteiger partial charge is 0.494 e. The van der Waals surface area contributed by atoms with Gasteiger partial charge in [0.05, 0.1) is 48.2 Å². The molecule has 2 aliphatic heterocycles. The second-order valence-electron chi connectivity index (χ2n) is 10.7. The van der Waals surface area contributed by atoms with E-state index in [2.05, 4.69) is 20.2 Å². The van der Waals surface area contributed by atoms with Crippen molar-refractivity contribution < 1.29 is 14.4 Å². The average Bonchev–Trinajstić information content (AvgIpc) is 3.31. The molecule has 0 aliphatic carbocycles. The van der Waals surface area contributed by atoms with Crippen LogP contribution in [0.25, 0.3) is 17.1 Å². The molecule has 4 aromatic rings. The second-order valence-corrected chi connectivity index (χ2v) is 11.1. The van der Waals surface area contributed by atoms with E-state index in [9.17, 15) is 10.1 Å². The molecule has 2 aromatic heterocycles. The highest BCUT2D eigenvalue weighted by Crippen LogP contribution is 2.46. The standard InChI is InChI=1S/C28H29ClN8O4/c1-34(2)12-19-13-36(33-25(19)18-7-5-4-6-8-18)26-20(29)11-30-27(32-26)31-21-9-23(37(38)39)22(10-24(21)40-3)35-14-28(15-35)16-41-17-28/h4-11,13H,12,14-17H2,1-3H3,(H,30,31,32). The van der Waals surface area contributed by atoms with Crippen LogP contribution in [0.4, 0.5) is 23.0 Å². The van der Waals surface area contributed by atoms with E-state index in [1.807, 2.05) is 55.5 Å². The number of nitro benzene ring substituents is 1. The summed E-state index contributed by atoms with van der Waals surface area (Å²) in [6.07, 6.45) is 3.37. The van der Waals surface area contributed by atoms with Crippen molar-refractivity contribution in [2.24, 2.45) is 5.41 Å². The Labute approximate surface area is 241 Å². The van der Waals surface area contributed by atoms with Crippen LogP contribution in [0.15, 0.2) is 54.9 Å². The van der Waals surface area contributed by atoms with Gasteiger partial charge in [0, 0.05) is 49.1 Å². The molecule has 0 radical (unpaired) electrons. The van der Waals surface area contributed by atoms with Gasteiger partial charge in [-0.2, -0.15) is 10.1 Å². The minimum Gasteiger partial charge on any atom is -0.494 e. The average molecular weight is 577 g/mol. The van der Waals surface area contributed by atoms with Gasteiger partial charge in [-0.15, -0.1) is 0 Å².